The second-order valence-electron chi connectivity index (χ2n) is 4.97. The normalized spacial score (nSPS) is 14.7. The van der Waals surface area contributed by atoms with Gasteiger partial charge in [0.05, 0.1) is 13.2 Å². The van der Waals surface area contributed by atoms with E-state index in [0.717, 1.165) is 15.8 Å². The van der Waals surface area contributed by atoms with Crippen LogP contribution >= 0.6 is 15.9 Å². The number of hydrogen-bond acceptors (Lipinski definition) is 4. The van der Waals surface area contributed by atoms with E-state index in [4.69, 9.17) is 4.74 Å². The largest absolute Gasteiger partial charge is 0.378 e. The van der Waals surface area contributed by atoms with Crippen LogP contribution in [0.3, 0.4) is 0 Å². The molecular weight excluding hydrogens is 346 g/mol. The van der Waals surface area contributed by atoms with E-state index in [-0.39, 0.29) is 5.91 Å². The summed E-state index contributed by atoms with van der Waals surface area (Å²) in [5.41, 5.74) is 2.23. The first kappa shape index (κ1) is 15.0. The number of morpholine rings is 1. The highest BCUT2D eigenvalue weighted by Crippen LogP contribution is 2.21. The summed E-state index contributed by atoms with van der Waals surface area (Å²) in [6.45, 7) is 2.40. The molecule has 6 heteroatoms. The minimum absolute atomic E-state index is 0.0545. The number of nitrogens with zero attached hydrogens (tertiary/aromatic N) is 2. The average Bonchev–Trinajstić information content (AvgIpc) is 2.55. The fraction of sp³-hybridized carbons (Fsp3) is 0.250. The molecule has 1 N–H and O–H groups in total. The van der Waals surface area contributed by atoms with E-state index < -0.39 is 0 Å². The topological polar surface area (TPSA) is 54.5 Å². The number of ether oxygens (including phenoxy) is 1. The molecule has 0 radical (unpaired) electrons. The second kappa shape index (κ2) is 6.89. The number of pyridine rings is 1. The highest BCUT2D eigenvalue weighted by atomic mass is 79.9. The first-order chi connectivity index (χ1) is 10.7. The molecular formula is C16H16BrN3O2. The Morgan fingerprint density at radius 2 is 1.95 bits per heavy atom. The van der Waals surface area contributed by atoms with E-state index in [1.54, 1.807) is 17.2 Å². The number of anilines is 2. The highest BCUT2D eigenvalue weighted by molar-refractivity contribution is 9.10. The fourth-order valence-electron chi connectivity index (χ4n) is 2.29. The van der Waals surface area contributed by atoms with E-state index in [2.05, 4.69) is 26.2 Å². The molecule has 1 fully saturated rings. The number of benzene rings is 1. The molecule has 2 aromatic rings. The van der Waals surface area contributed by atoms with Crippen molar-refractivity contribution in [3.8, 4) is 0 Å². The van der Waals surface area contributed by atoms with Crippen molar-refractivity contribution in [1.82, 2.24) is 9.88 Å². The van der Waals surface area contributed by atoms with Gasteiger partial charge in [-0.15, -0.1) is 0 Å². The van der Waals surface area contributed by atoms with Crippen molar-refractivity contribution in [2.45, 2.75) is 0 Å². The third-order valence-electron chi connectivity index (χ3n) is 3.39. The highest BCUT2D eigenvalue weighted by Gasteiger charge is 2.19. The van der Waals surface area contributed by atoms with Gasteiger partial charge in [-0.3, -0.25) is 9.78 Å². The smallest absolute Gasteiger partial charge is 0.272 e. The van der Waals surface area contributed by atoms with Crippen LogP contribution in [0.15, 0.2) is 47.1 Å². The maximum absolute atomic E-state index is 12.4. The molecule has 1 aliphatic heterocycles. The van der Waals surface area contributed by atoms with Crippen LogP contribution in [0.1, 0.15) is 10.5 Å². The van der Waals surface area contributed by atoms with Crippen LogP contribution < -0.4 is 5.32 Å². The van der Waals surface area contributed by atoms with Gasteiger partial charge in [0.15, 0.2) is 0 Å². The Morgan fingerprint density at radius 1 is 1.18 bits per heavy atom. The molecule has 0 bridgehead atoms. The first-order valence-electron chi connectivity index (χ1n) is 7.08. The lowest BCUT2D eigenvalue weighted by molar-refractivity contribution is 0.0299. The summed E-state index contributed by atoms with van der Waals surface area (Å²) in [7, 11) is 0. The summed E-state index contributed by atoms with van der Waals surface area (Å²) in [6.07, 6.45) is 1.65. The summed E-state index contributed by atoms with van der Waals surface area (Å²) in [6, 6.07) is 11.5. The summed E-state index contributed by atoms with van der Waals surface area (Å²) < 4.78 is 6.27. The lowest BCUT2D eigenvalue weighted by Crippen LogP contribution is -2.41. The fourth-order valence-corrected chi connectivity index (χ4v) is 2.69. The van der Waals surface area contributed by atoms with E-state index in [9.17, 15) is 4.79 Å². The molecule has 2 heterocycles. The van der Waals surface area contributed by atoms with Crippen molar-refractivity contribution >= 4 is 33.2 Å². The van der Waals surface area contributed by atoms with Crippen LogP contribution in [0.2, 0.25) is 0 Å². The molecule has 5 nitrogen and oxygen atoms in total. The molecule has 0 unspecified atom stereocenters. The lowest BCUT2D eigenvalue weighted by Gasteiger charge is -2.26. The van der Waals surface area contributed by atoms with Crippen molar-refractivity contribution in [2.75, 3.05) is 31.6 Å². The lowest BCUT2D eigenvalue weighted by atomic mass is 10.2. The summed E-state index contributed by atoms with van der Waals surface area (Å²) in [5, 5.41) is 3.28. The van der Waals surface area contributed by atoms with Crippen LogP contribution in [0, 0.1) is 0 Å². The maximum Gasteiger partial charge on any atom is 0.272 e. The van der Waals surface area contributed by atoms with Crippen molar-refractivity contribution < 1.29 is 9.53 Å². The molecule has 0 saturated carbocycles. The zero-order chi connectivity index (χ0) is 15.4. The number of hydrogen-bond donors (Lipinski definition) is 1. The molecule has 0 atom stereocenters. The second-order valence-corrected chi connectivity index (χ2v) is 5.89. The van der Waals surface area contributed by atoms with Crippen molar-refractivity contribution in [2.24, 2.45) is 0 Å². The monoisotopic (exact) mass is 361 g/mol. The van der Waals surface area contributed by atoms with Gasteiger partial charge in [-0.1, -0.05) is 22.0 Å². The molecule has 1 amide bonds. The molecule has 22 heavy (non-hydrogen) atoms. The summed E-state index contributed by atoms with van der Waals surface area (Å²) in [5.74, 6) is -0.0545. The van der Waals surface area contributed by atoms with Crippen LogP contribution in [-0.4, -0.2) is 42.1 Å². The van der Waals surface area contributed by atoms with Gasteiger partial charge in [-0.05, 0) is 30.3 Å². The van der Waals surface area contributed by atoms with Crippen LogP contribution in [-0.2, 0) is 4.74 Å². The molecule has 114 valence electrons. The van der Waals surface area contributed by atoms with Gasteiger partial charge in [0.2, 0.25) is 0 Å². The Hall–Kier alpha value is -1.92. The van der Waals surface area contributed by atoms with E-state index in [0.29, 0.717) is 32.0 Å². The molecule has 3 rings (SSSR count). The quantitative estimate of drug-likeness (QED) is 0.912. The SMILES string of the molecule is O=C(c1cc(Nc2cccc(Br)c2)ccn1)N1CCOCC1. The Balaban J connectivity index is 1.75. The summed E-state index contributed by atoms with van der Waals surface area (Å²) >= 11 is 3.44. The van der Waals surface area contributed by atoms with Crippen LogP contribution in [0.25, 0.3) is 0 Å². The maximum atomic E-state index is 12.4. The van der Waals surface area contributed by atoms with Gasteiger partial charge in [-0.2, -0.15) is 0 Å². The summed E-state index contributed by atoms with van der Waals surface area (Å²) in [4.78, 5) is 18.4. The standard InChI is InChI=1S/C16H16BrN3O2/c17-12-2-1-3-13(10-12)19-14-4-5-18-15(11-14)16(21)20-6-8-22-9-7-20/h1-5,10-11H,6-9H2,(H,18,19). The zero-order valence-electron chi connectivity index (χ0n) is 12.0. The number of amides is 1. The minimum atomic E-state index is -0.0545. The van der Waals surface area contributed by atoms with Crippen molar-refractivity contribution in [1.29, 1.82) is 0 Å². The zero-order valence-corrected chi connectivity index (χ0v) is 13.5. The van der Waals surface area contributed by atoms with Gasteiger partial charge in [0.25, 0.3) is 5.91 Å². The molecule has 0 aliphatic carbocycles. The minimum Gasteiger partial charge on any atom is -0.378 e. The number of carbonyl (C=O) groups excluding carboxylic acids is 1. The van der Waals surface area contributed by atoms with E-state index >= 15 is 0 Å². The van der Waals surface area contributed by atoms with Crippen molar-refractivity contribution in [3.05, 3.63) is 52.8 Å². The predicted molar refractivity (Wildman–Crippen MR) is 88.4 cm³/mol. The number of nitrogens with one attached hydrogen (secondary N) is 1. The number of aromatic nitrogens is 1. The van der Waals surface area contributed by atoms with E-state index in [1.807, 2.05) is 30.3 Å². The first-order valence-corrected chi connectivity index (χ1v) is 7.87. The van der Waals surface area contributed by atoms with Gasteiger partial charge in [-0.25, -0.2) is 0 Å². The Labute approximate surface area is 137 Å². The van der Waals surface area contributed by atoms with Gasteiger partial charge >= 0.3 is 0 Å². The Kier molecular flexibility index (Phi) is 4.70. The molecule has 1 aromatic heterocycles. The van der Waals surface area contributed by atoms with E-state index in [1.165, 1.54) is 0 Å². The average molecular weight is 362 g/mol. The third kappa shape index (κ3) is 3.64. The number of rotatable bonds is 3. The van der Waals surface area contributed by atoms with Gasteiger partial charge < -0.3 is 15.0 Å². The predicted octanol–water partition coefficient (Wildman–Crippen LogP) is 3.06. The molecule has 0 spiro atoms. The van der Waals surface area contributed by atoms with Gasteiger partial charge in [0, 0.05) is 35.1 Å². The number of carbonyl (C=O) groups is 1. The van der Waals surface area contributed by atoms with Crippen LogP contribution in [0.4, 0.5) is 11.4 Å². The van der Waals surface area contributed by atoms with Gasteiger partial charge in [0.1, 0.15) is 5.69 Å². The molecule has 1 saturated heterocycles. The Bertz CT molecular complexity index is 672. The van der Waals surface area contributed by atoms with Crippen molar-refractivity contribution in [3.63, 3.8) is 0 Å². The molecule has 1 aromatic carbocycles. The third-order valence-corrected chi connectivity index (χ3v) is 3.88. The number of halogens is 1. The van der Waals surface area contributed by atoms with Crippen LogP contribution in [0.5, 0.6) is 0 Å². The Morgan fingerprint density at radius 3 is 2.73 bits per heavy atom. The molecule has 1 aliphatic rings.